The van der Waals surface area contributed by atoms with Crippen LogP contribution in [-0.2, 0) is 16.0 Å². The quantitative estimate of drug-likeness (QED) is 0.872. The molecule has 2 N–H and O–H groups in total. The van der Waals surface area contributed by atoms with E-state index in [1.807, 2.05) is 37.3 Å². The minimum absolute atomic E-state index is 0.164. The summed E-state index contributed by atoms with van der Waals surface area (Å²) in [6, 6.07) is 8.48. The molecule has 1 aliphatic heterocycles. The van der Waals surface area contributed by atoms with E-state index in [0.717, 1.165) is 24.2 Å². The molecule has 0 bridgehead atoms. The third kappa shape index (κ3) is 3.54. The molecule has 0 radical (unpaired) electrons. The third-order valence-electron chi connectivity index (χ3n) is 3.59. The molecular formula is C15H19NO3S. The summed E-state index contributed by atoms with van der Waals surface area (Å²) in [5.74, 6) is -0.197. The van der Waals surface area contributed by atoms with Crippen molar-refractivity contribution in [1.82, 2.24) is 5.32 Å². The molecule has 108 valence electrons. The highest BCUT2D eigenvalue weighted by atomic mass is 32.2. The fourth-order valence-electron chi connectivity index (χ4n) is 2.32. The number of carbonyl (C=O) groups is 2. The number of carbonyl (C=O) groups excluding carboxylic acids is 1. The lowest BCUT2D eigenvalue weighted by Crippen LogP contribution is -2.49. The number of hydrogen-bond acceptors (Lipinski definition) is 3. The summed E-state index contributed by atoms with van der Waals surface area (Å²) in [5, 5.41) is 12.0. The van der Waals surface area contributed by atoms with Crippen molar-refractivity contribution in [2.24, 2.45) is 0 Å². The molecule has 2 atom stereocenters. The Kier molecular flexibility index (Phi) is 4.70. The number of aliphatic carboxylic acids is 1. The van der Waals surface area contributed by atoms with E-state index >= 15 is 0 Å². The van der Waals surface area contributed by atoms with Crippen LogP contribution in [0.4, 0.5) is 0 Å². The van der Waals surface area contributed by atoms with Gasteiger partial charge in [0.05, 0.1) is 4.75 Å². The zero-order chi connectivity index (χ0) is 14.6. The number of benzene rings is 1. The number of carboxylic acid groups (broad SMARTS) is 1. The van der Waals surface area contributed by atoms with Gasteiger partial charge in [0.25, 0.3) is 0 Å². The highest BCUT2D eigenvalue weighted by molar-refractivity contribution is 8.01. The Hall–Kier alpha value is -1.49. The Morgan fingerprint density at radius 1 is 1.40 bits per heavy atom. The Bertz CT molecular complexity index is 483. The molecule has 1 aromatic rings. The molecule has 1 unspecified atom stereocenters. The molecule has 1 amide bonds. The van der Waals surface area contributed by atoms with Gasteiger partial charge in [-0.25, -0.2) is 4.79 Å². The molecule has 1 heterocycles. The van der Waals surface area contributed by atoms with E-state index < -0.39 is 16.8 Å². The zero-order valence-electron chi connectivity index (χ0n) is 11.5. The van der Waals surface area contributed by atoms with Crippen molar-refractivity contribution in [1.29, 1.82) is 0 Å². The maximum absolute atomic E-state index is 12.3. The first-order chi connectivity index (χ1) is 9.51. The van der Waals surface area contributed by atoms with Crippen molar-refractivity contribution in [3.63, 3.8) is 0 Å². The van der Waals surface area contributed by atoms with Crippen LogP contribution in [0.25, 0.3) is 0 Å². The van der Waals surface area contributed by atoms with E-state index in [1.165, 1.54) is 0 Å². The first kappa shape index (κ1) is 14.9. The molecule has 5 heteroatoms. The minimum atomic E-state index is -0.992. The first-order valence-corrected chi connectivity index (χ1v) is 7.71. The topological polar surface area (TPSA) is 66.4 Å². The molecule has 0 spiro atoms. The van der Waals surface area contributed by atoms with Crippen molar-refractivity contribution in [2.75, 3.05) is 5.75 Å². The lowest BCUT2D eigenvalue weighted by atomic mass is 10.0. The predicted molar refractivity (Wildman–Crippen MR) is 79.8 cm³/mol. The number of hydrogen-bond donors (Lipinski definition) is 2. The summed E-state index contributed by atoms with van der Waals surface area (Å²) in [6.07, 6.45) is 2.12. The van der Waals surface area contributed by atoms with E-state index in [-0.39, 0.29) is 5.91 Å². The molecule has 0 aliphatic carbocycles. The van der Waals surface area contributed by atoms with Gasteiger partial charge in [-0.05, 0) is 31.1 Å². The van der Waals surface area contributed by atoms with Gasteiger partial charge < -0.3 is 10.4 Å². The van der Waals surface area contributed by atoms with Crippen LogP contribution in [0.15, 0.2) is 30.3 Å². The minimum Gasteiger partial charge on any atom is -0.480 e. The predicted octanol–water partition coefficient (Wildman–Crippen LogP) is 2.08. The second kappa shape index (κ2) is 6.31. The lowest BCUT2D eigenvalue weighted by Gasteiger charge is -2.24. The normalized spacial score (nSPS) is 23.2. The molecule has 2 rings (SSSR count). The highest BCUT2D eigenvalue weighted by Gasteiger charge is 2.38. The van der Waals surface area contributed by atoms with E-state index in [9.17, 15) is 14.7 Å². The van der Waals surface area contributed by atoms with Gasteiger partial charge in [-0.3, -0.25) is 4.79 Å². The summed E-state index contributed by atoms with van der Waals surface area (Å²) in [6.45, 7) is 1.89. The standard InChI is InChI=1S/C15H19NO3S/c1-15(8-5-9-20-15)14(19)16-12(13(17)18)10-11-6-3-2-4-7-11/h2-4,6-7,12H,5,8-10H2,1H3,(H,16,19)(H,17,18)/t12-,15?/m0/s1. The summed E-state index contributed by atoms with van der Waals surface area (Å²) in [4.78, 5) is 23.6. The summed E-state index contributed by atoms with van der Waals surface area (Å²) >= 11 is 1.61. The van der Waals surface area contributed by atoms with Crippen LogP contribution >= 0.6 is 11.8 Å². The number of carboxylic acids is 1. The van der Waals surface area contributed by atoms with Gasteiger partial charge in [-0.2, -0.15) is 0 Å². The first-order valence-electron chi connectivity index (χ1n) is 6.73. The van der Waals surface area contributed by atoms with Crippen molar-refractivity contribution >= 4 is 23.6 Å². The second-order valence-electron chi connectivity index (χ2n) is 5.24. The average molecular weight is 293 g/mol. The average Bonchev–Trinajstić information content (AvgIpc) is 2.87. The molecule has 1 fully saturated rings. The van der Waals surface area contributed by atoms with Crippen LogP contribution in [-0.4, -0.2) is 33.5 Å². The van der Waals surface area contributed by atoms with Gasteiger partial charge >= 0.3 is 5.97 Å². The number of nitrogens with one attached hydrogen (secondary N) is 1. The van der Waals surface area contributed by atoms with Crippen LogP contribution in [0.2, 0.25) is 0 Å². The molecule has 1 aliphatic rings. The summed E-state index contributed by atoms with van der Waals surface area (Å²) in [5.41, 5.74) is 0.907. The molecule has 0 aromatic heterocycles. The number of thioether (sulfide) groups is 1. The van der Waals surface area contributed by atoms with E-state index in [4.69, 9.17) is 0 Å². The Morgan fingerprint density at radius 3 is 2.65 bits per heavy atom. The zero-order valence-corrected chi connectivity index (χ0v) is 12.3. The number of rotatable bonds is 5. The van der Waals surface area contributed by atoms with Gasteiger partial charge in [0.1, 0.15) is 6.04 Å². The van der Waals surface area contributed by atoms with E-state index in [0.29, 0.717) is 6.42 Å². The maximum atomic E-state index is 12.3. The van der Waals surface area contributed by atoms with Gasteiger partial charge in [0, 0.05) is 6.42 Å². The van der Waals surface area contributed by atoms with Gasteiger partial charge in [0.15, 0.2) is 0 Å². The smallest absolute Gasteiger partial charge is 0.326 e. The van der Waals surface area contributed by atoms with Gasteiger partial charge in [0.2, 0.25) is 5.91 Å². The molecule has 20 heavy (non-hydrogen) atoms. The molecular weight excluding hydrogens is 274 g/mol. The monoisotopic (exact) mass is 293 g/mol. The third-order valence-corrected chi connectivity index (χ3v) is 5.10. The van der Waals surface area contributed by atoms with Crippen molar-refractivity contribution in [3.8, 4) is 0 Å². The van der Waals surface area contributed by atoms with Crippen molar-refractivity contribution in [2.45, 2.75) is 37.0 Å². The maximum Gasteiger partial charge on any atom is 0.326 e. The van der Waals surface area contributed by atoms with Crippen LogP contribution in [0.1, 0.15) is 25.3 Å². The van der Waals surface area contributed by atoms with Crippen molar-refractivity contribution < 1.29 is 14.7 Å². The molecule has 4 nitrogen and oxygen atoms in total. The summed E-state index contributed by atoms with van der Waals surface area (Å²) in [7, 11) is 0. The summed E-state index contributed by atoms with van der Waals surface area (Å²) < 4.78 is -0.482. The SMILES string of the molecule is CC1(C(=O)N[C@@H](Cc2ccccc2)C(=O)O)CCCS1. The highest BCUT2D eigenvalue weighted by Crippen LogP contribution is 2.37. The molecule has 1 aromatic carbocycles. The molecule has 1 saturated heterocycles. The fraction of sp³-hybridized carbons (Fsp3) is 0.467. The van der Waals surface area contributed by atoms with Crippen molar-refractivity contribution in [3.05, 3.63) is 35.9 Å². The largest absolute Gasteiger partial charge is 0.480 e. The Morgan fingerprint density at radius 2 is 2.10 bits per heavy atom. The van der Waals surface area contributed by atoms with E-state index in [2.05, 4.69) is 5.32 Å². The van der Waals surface area contributed by atoms with Crippen LogP contribution in [0.3, 0.4) is 0 Å². The number of amides is 1. The Balaban J connectivity index is 2.02. The van der Waals surface area contributed by atoms with Crippen LogP contribution in [0, 0.1) is 0 Å². The second-order valence-corrected chi connectivity index (χ2v) is 6.83. The Labute approximate surface area is 123 Å². The van der Waals surface area contributed by atoms with E-state index in [1.54, 1.807) is 11.8 Å². The van der Waals surface area contributed by atoms with Crippen LogP contribution < -0.4 is 5.32 Å². The molecule has 0 saturated carbocycles. The fourth-order valence-corrected chi connectivity index (χ4v) is 3.54. The lowest BCUT2D eigenvalue weighted by molar-refractivity contribution is -0.142. The van der Waals surface area contributed by atoms with Crippen LogP contribution in [0.5, 0.6) is 0 Å². The van der Waals surface area contributed by atoms with Gasteiger partial charge in [-0.15, -0.1) is 11.8 Å². The van der Waals surface area contributed by atoms with Gasteiger partial charge in [-0.1, -0.05) is 30.3 Å².